The van der Waals surface area contributed by atoms with Gasteiger partial charge in [-0.25, -0.2) is 18.4 Å². The largest absolute Gasteiger partial charge is 0.480 e. The zero-order valence-electron chi connectivity index (χ0n) is 12.2. The first-order valence-electron chi connectivity index (χ1n) is 7.07. The molecule has 2 rings (SSSR count). The second kappa shape index (κ2) is 7.87. The number of hydrogen-bond acceptors (Lipinski definition) is 4. The summed E-state index contributed by atoms with van der Waals surface area (Å²) in [5.74, 6) is -1.22. The topological polar surface area (TPSA) is 76.1 Å². The summed E-state index contributed by atoms with van der Waals surface area (Å²) in [7, 11) is 0. The van der Waals surface area contributed by atoms with Gasteiger partial charge in [0.15, 0.2) is 0 Å². The second-order valence-electron chi connectivity index (χ2n) is 5.13. The van der Waals surface area contributed by atoms with Crippen molar-refractivity contribution in [2.24, 2.45) is 0 Å². The van der Waals surface area contributed by atoms with Crippen LogP contribution in [0.2, 0.25) is 0 Å². The maximum Gasteiger partial charge on any atom is 0.410 e. The van der Waals surface area contributed by atoms with E-state index < -0.39 is 37.2 Å². The summed E-state index contributed by atoms with van der Waals surface area (Å²) < 4.78 is 34.3. The lowest BCUT2D eigenvalue weighted by atomic mass is 10.2. The number of amides is 1. The van der Waals surface area contributed by atoms with Crippen molar-refractivity contribution in [3.05, 3.63) is 35.9 Å². The molecule has 0 unspecified atom stereocenters. The van der Waals surface area contributed by atoms with Crippen molar-refractivity contribution in [1.29, 1.82) is 0 Å². The van der Waals surface area contributed by atoms with E-state index in [9.17, 15) is 18.4 Å². The van der Waals surface area contributed by atoms with Crippen molar-refractivity contribution in [3.8, 4) is 0 Å². The predicted octanol–water partition coefficient (Wildman–Crippen LogP) is 2.13. The first kappa shape index (κ1) is 17.1. The van der Waals surface area contributed by atoms with E-state index >= 15 is 0 Å². The average Bonchev–Trinajstić information content (AvgIpc) is 2.96. The van der Waals surface area contributed by atoms with Crippen molar-refractivity contribution in [2.75, 3.05) is 13.2 Å². The fourth-order valence-electron chi connectivity index (χ4n) is 2.37. The normalized spacial score (nSPS) is 20.7. The van der Waals surface area contributed by atoms with Gasteiger partial charge in [0.25, 0.3) is 6.43 Å². The van der Waals surface area contributed by atoms with Crippen LogP contribution in [0.4, 0.5) is 13.6 Å². The number of ether oxygens (including phenoxy) is 2. The van der Waals surface area contributed by atoms with Gasteiger partial charge in [0.05, 0.1) is 12.6 Å². The third kappa shape index (κ3) is 4.88. The summed E-state index contributed by atoms with van der Waals surface area (Å²) in [5.41, 5.74) is 0.762. The summed E-state index contributed by atoms with van der Waals surface area (Å²) in [6.45, 7) is -0.869. The SMILES string of the molecule is O=C(O)[C@@H]1C[C@H](OCC(F)F)CN1C(=O)OCc1ccccc1. The Kier molecular flexibility index (Phi) is 5.86. The Balaban J connectivity index is 1.92. The molecule has 0 saturated carbocycles. The molecule has 0 radical (unpaired) electrons. The molecule has 1 heterocycles. The minimum absolute atomic E-state index is 0.00503. The maximum atomic E-state index is 12.2. The molecule has 8 heteroatoms. The summed E-state index contributed by atoms with van der Waals surface area (Å²) >= 11 is 0. The molecule has 2 atom stereocenters. The number of alkyl halides is 2. The fourth-order valence-corrected chi connectivity index (χ4v) is 2.37. The molecule has 0 aliphatic carbocycles. The lowest BCUT2D eigenvalue weighted by Gasteiger charge is -2.20. The van der Waals surface area contributed by atoms with E-state index in [0.29, 0.717) is 0 Å². The van der Waals surface area contributed by atoms with Crippen LogP contribution in [0, 0.1) is 0 Å². The first-order chi connectivity index (χ1) is 11.0. The van der Waals surface area contributed by atoms with Crippen molar-refractivity contribution in [3.63, 3.8) is 0 Å². The van der Waals surface area contributed by atoms with Crippen molar-refractivity contribution >= 4 is 12.1 Å². The van der Waals surface area contributed by atoms with Crippen LogP contribution in [0.1, 0.15) is 12.0 Å². The van der Waals surface area contributed by atoms with Crippen LogP contribution in [0.5, 0.6) is 0 Å². The maximum absolute atomic E-state index is 12.2. The first-order valence-corrected chi connectivity index (χ1v) is 7.07. The summed E-state index contributed by atoms with van der Waals surface area (Å²) in [6.07, 6.45) is -4.22. The molecule has 0 aromatic heterocycles. The zero-order valence-corrected chi connectivity index (χ0v) is 12.2. The van der Waals surface area contributed by atoms with E-state index in [-0.39, 0.29) is 19.6 Å². The highest BCUT2D eigenvalue weighted by atomic mass is 19.3. The van der Waals surface area contributed by atoms with Crippen molar-refractivity contribution < 1.29 is 33.0 Å². The van der Waals surface area contributed by atoms with Gasteiger partial charge in [-0.05, 0) is 5.56 Å². The number of aliphatic carboxylic acids is 1. The Morgan fingerprint density at radius 3 is 2.61 bits per heavy atom. The molecule has 1 aliphatic rings. The molecule has 1 amide bonds. The van der Waals surface area contributed by atoms with Gasteiger partial charge >= 0.3 is 12.1 Å². The highest BCUT2D eigenvalue weighted by Gasteiger charge is 2.41. The number of nitrogens with zero attached hydrogens (tertiary/aromatic N) is 1. The highest BCUT2D eigenvalue weighted by Crippen LogP contribution is 2.22. The van der Waals surface area contributed by atoms with Crippen LogP contribution in [0.15, 0.2) is 30.3 Å². The smallest absolute Gasteiger partial charge is 0.410 e. The summed E-state index contributed by atoms with van der Waals surface area (Å²) in [4.78, 5) is 24.3. The highest BCUT2D eigenvalue weighted by molar-refractivity contribution is 5.80. The standard InChI is InChI=1S/C15H17F2NO5/c16-13(17)9-22-11-6-12(14(19)20)18(7-11)15(21)23-8-10-4-2-1-3-5-10/h1-5,11-13H,6-9H2,(H,19,20)/t11-,12-/m0/s1. The molecule has 1 aromatic rings. The number of benzene rings is 1. The van der Waals surface area contributed by atoms with Crippen LogP contribution in [-0.2, 0) is 20.9 Å². The van der Waals surface area contributed by atoms with Gasteiger partial charge in [0.1, 0.15) is 19.3 Å². The van der Waals surface area contributed by atoms with Gasteiger partial charge in [0, 0.05) is 6.42 Å². The third-order valence-corrected chi connectivity index (χ3v) is 3.45. The van der Waals surface area contributed by atoms with Gasteiger partial charge < -0.3 is 14.6 Å². The van der Waals surface area contributed by atoms with Gasteiger partial charge in [-0.2, -0.15) is 0 Å². The van der Waals surface area contributed by atoms with E-state index in [0.717, 1.165) is 10.5 Å². The monoisotopic (exact) mass is 329 g/mol. The molecule has 1 N–H and O–H groups in total. The Hall–Kier alpha value is -2.22. The molecule has 0 spiro atoms. The lowest BCUT2D eigenvalue weighted by molar-refractivity contribution is -0.141. The van der Waals surface area contributed by atoms with E-state index in [1.165, 1.54) is 0 Å². The Morgan fingerprint density at radius 2 is 2.00 bits per heavy atom. The molecular weight excluding hydrogens is 312 g/mol. The number of likely N-dealkylation sites (tertiary alicyclic amines) is 1. The van der Waals surface area contributed by atoms with Gasteiger partial charge in [0.2, 0.25) is 0 Å². The number of carboxylic acids is 1. The van der Waals surface area contributed by atoms with E-state index in [1.807, 2.05) is 6.07 Å². The number of rotatable bonds is 6. The molecule has 1 saturated heterocycles. The lowest BCUT2D eigenvalue weighted by Crippen LogP contribution is -2.40. The Bertz CT molecular complexity index is 540. The van der Waals surface area contributed by atoms with Crippen molar-refractivity contribution in [2.45, 2.75) is 31.6 Å². The van der Waals surface area contributed by atoms with Crippen molar-refractivity contribution in [1.82, 2.24) is 4.90 Å². The molecule has 1 aromatic carbocycles. The zero-order chi connectivity index (χ0) is 16.8. The number of carboxylic acid groups (broad SMARTS) is 1. The fraction of sp³-hybridized carbons (Fsp3) is 0.467. The van der Waals surface area contributed by atoms with Crippen LogP contribution in [0.3, 0.4) is 0 Å². The number of hydrogen-bond donors (Lipinski definition) is 1. The molecule has 126 valence electrons. The van der Waals surface area contributed by atoms with E-state index in [4.69, 9.17) is 14.6 Å². The van der Waals surface area contributed by atoms with E-state index in [1.54, 1.807) is 24.3 Å². The van der Waals surface area contributed by atoms with Gasteiger partial charge in [-0.15, -0.1) is 0 Å². The number of halogens is 2. The van der Waals surface area contributed by atoms with Crippen LogP contribution in [0.25, 0.3) is 0 Å². The number of carbonyl (C=O) groups excluding carboxylic acids is 1. The molecular formula is C15H17F2NO5. The molecule has 1 fully saturated rings. The summed E-state index contributed by atoms with van der Waals surface area (Å²) in [5, 5.41) is 9.16. The average molecular weight is 329 g/mol. The van der Waals surface area contributed by atoms with Crippen LogP contribution < -0.4 is 0 Å². The molecule has 0 bridgehead atoms. The molecule has 23 heavy (non-hydrogen) atoms. The Morgan fingerprint density at radius 1 is 1.30 bits per heavy atom. The van der Waals surface area contributed by atoms with Crippen LogP contribution >= 0.6 is 0 Å². The van der Waals surface area contributed by atoms with Gasteiger partial charge in [-0.1, -0.05) is 30.3 Å². The number of carbonyl (C=O) groups is 2. The minimum Gasteiger partial charge on any atom is -0.480 e. The Labute approximate surface area is 131 Å². The van der Waals surface area contributed by atoms with Crippen LogP contribution in [-0.4, -0.2) is 53.8 Å². The summed E-state index contributed by atoms with van der Waals surface area (Å²) in [6, 6.07) is 7.78. The molecule has 6 nitrogen and oxygen atoms in total. The quantitative estimate of drug-likeness (QED) is 0.865. The predicted molar refractivity (Wildman–Crippen MR) is 75.1 cm³/mol. The second-order valence-corrected chi connectivity index (χ2v) is 5.13. The van der Waals surface area contributed by atoms with Gasteiger partial charge in [-0.3, -0.25) is 4.90 Å². The third-order valence-electron chi connectivity index (χ3n) is 3.45. The minimum atomic E-state index is -2.64. The van der Waals surface area contributed by atoms with E-state index in [2.05, 4.69) is 0 Å². The molecule has 1 aliphatic heterocycles.